The molecular formula is C21H19N3O3S2. The average molecular weight is 426 g/mol. The van der Waals surface area contributed by atoms with Crippen LogP contribution in [0.15, 0.2) is 46.8 Å². The Kier molecular flexibility index (Phi) is 4.92. The molecule has 0 atom stereocenters. The molecule has 8 heteroatoms. The van der Waals surface area contributed by atoms with Crippen molar-refractivity contribution in [3.8, 4) is 0 Å². The monoisotopic (exact) mass is 425 g/mol. The molecule has 0 fully saturated rings. The molecule has 1 N–H and O–H groups in total. The number of amides is 3. The molecule has 1 aliphatic rings. The molecule has 1 aliphatic heterocycles. The number of hydrogen-bond acceptors (Lipinski definition) is 6. The number of nitrogens with one attached hydrogen (secondary N) is 1. The van der Waals surface area contributed by atoms with Gasteiger partial charge in [0.1, 0.15) is 0 Å². The maximum absolute atomic E-state index is 12.7. The minimum Gasteiger partial charge on any atom is -0.351 e. The van der Waals surface area contributed by atoms with Crippen LogP contribution in [0.3, 0.4) is 0 Å². The molecule has 0 bridgehead atoms. The van der Waals surface area contributed by atoms with E-state index in [4.69, 9.17) is 0 Å². The maximum Gasteiger partial charge on any atom is 0.266 e. The highest BCUT2D eigenvalue weighted by Gasteiger charge is 2.36. The zero-order valence-corrected chi connectivity index (χ0v) is 17.8. The van der Waals surface area contributed by atoms with E-state index in [1.165, 1.54) is 28.0 Å². The second-order valence-corrected chi connectivity index (χ2v) is 9.96. The van der Waals surface area contributed by atoms with E-state index in [1.54, 1.807) is 42.5 Å². The maximum atomic E-state index is 12.7. The number of thiazole rings is 1. The lowest BCUT2D eigenvalue weighted by molar-refractivity contribution is -0.119. The summed E-state index contributed by atoms with van der Waals surface area (Å²) in [6, 6.07) is 12.2. The zero-order chi connectivity index (χ0) is 20.8. The second-order valence-electron chi connectivity index (χ2n) is 7.71. The summed E-state index contributed by atoms with van der Waals surface area (Å²) in [5, 5.41) is 2.92. The van der Waals surface area contributed by atoms with Crippen molar-refractivity contribution < 1.29 is 14.4 Å². The van der Waals surface area contributed by atoms with E-state index in [1.807, 2.05) is 20.8 Å². The molecule has 3 aromatic rings. The van der Waals surface area contributed by atoms with Crippen LogP contribution in [0.1, 0.15) is 41.5 Å². The Bertz CT molecular complexity index is 1110. The first-order valence-electron chi connectivity index (χ1n) is 9.05. The number of benzene rings is 2. The van der Waals surface area contributed by atoms with Crippen LogP contribution in [0, 0.1) is 0 Å². The van der Waals surface area contributed by atoms with Gasteiger partial charge in [-0.1, -0.05) is 23.9 Å². The highest BCUT2D eigenvalue weighted by Crippen LogP contribution is 2.34. The smallest absolute Gasteiger partial charge is 0.266 e. The lowest BCUT2D eigenvalue weighted by Crippen LogP contribution is -2.41. The molecule has 2 heterocycles. The van der Waals surface area contributed by atoms with E-state index in [2.05, 4.69) is 10.3 Å². The van der Waals surface area contributed by atoms with E-state index in [9.17, 15) is 14.4 Å². The van der Waals surface area contributed by atoms with Crippen molar-refractivity contribution in [1.29, 1.82) is 0 Å². The largest absolute Gasteiger partial charge is 0.351 e. The Morgan fingerprint density at radius 2 is 1.76 bits per heavy atom. The van der Waals surface area contributed by atoms with Gasteiger partial charge < -0.3 is 5.32 Å². The number of fused-ring (bicyclic) bond motifs is 2. The topological polar surface area (TPSA) is 79.4 Å². The number of thioether (sulfide) groups is 1. The normalized spacial score (nSPS) is 13.8. The quantitative estimate of drug-likeness (QED) is 0.503. The van der Waals surface area contributed by atoms with Crippen molar-refractivity contribution in [3.05, 3.63) is 53.6 Å². The first-order chi connectivity index (χ1) is 13.7. The zero-order valence-electron chi connectivity index (χ0n) is 16.2. The van der Waals surface area contributed by atoms with Crippen molar-refractivity contribution in [2.24, 2.45) is 0 Å². The van der Waals surface area contributed by atoms with Crippen LogP contribution in [0.4, 0.5) is 5.69 Å². The summed E-state index contributed by atoms with van der Waals surface area (Å²) in [4.78, 5) is 43.1. The Hall–Kier alpha value is -2.71. The van der Waals surface area contributed by atoms with Gasteiger partial charge in [-0.05, 0) is 51.1 Å². The summed E-state index contributed by atoms with van der Waals surface area (Å²) in [5.74, 6) is -0.401. The molecule has 0 spiro atoms. The molecule has 2 aromatic carbocycles. The molecular weight excluding hydrogens is 406 g/mol. The van der Waals surface area contributed by atoms with Crippen LogP contribution < -0.4 is 10.2 Å². The van der Waals surface area contributed by atoms with Gasteiger partial charge in [0.05, 0.1) is 32.8 Å². The van der Waals surface area contributed by atoms with Gasteiger partial charge in [0.2, 0.25) is 5.91 Å². The van der Waals surface area contributed by atoms with Crippen LogP contribution in [0.2, 0.25) is 0 Å². The van der Waals surface area contributed by atoms with Gasteiger partial charge >= 0.3 is 0 Å². The Morgan fingerprint density at radius 1 is 1.10 bits per heavy atom. The Morgan fingerprint density at radius 3 is 2.38 bits per heavy atom. The van der Waals surface area contributed by atoms with Gasteiger partial charge in [-0.15, -0.1) is 11.3 Å². The second kappa shape index (κ2) is 7.27. The van der Waals surface area contributed by atoms with Crippen molar-refractivity contribution in [2.45, 2.75) is 30.6 Å². The number of rotatable bonds is 4. The van der Waals surface area contributed by atoms with Gasteiger partial charge in [0.15, 0.2) is 4.34 Å². The predicted molar refractivity (Wildman–Crippen MR) is 116 cm³/mol. The fraction of sp³-hybridized carbons (Fsp3) is 0.238. The summed E-state index contributed by atoms with van der Waals surface area (Å²) >= 11 is 2.81. The third-order valence-corrected chi connectivity index (χ3v) is 6.41. The van der Waals surface area contributed by atoms with E-state index in [0.29, 0.717) is 16.8 Å². The summed E-state index contributed by atoms with van der Waals surface area (Å²) < 4.78 is 1.63. The number of anilines is 1. The molecule has 0 unspecified atom stereocenters. The number of imide groups is 1. The van der Waals surface area contributed by atoms with Crippen LogP contribution in [0.25, 0.3) is 10.2 Å². The van der Waals surface area contributed by atoms with Crippen LogP contribution in [-0.4, -0.2) is 34.0 Å². The number of hydrogen-bond donors (Lipinski definition) is 1. The minimum absolute atomic E-state index is 0.0477. The van der Waals surface area contributed by atoms with Crippen molar-refractivity contribution in [1.82, 2.24) is 10.3 Å². The fourth-order valence-electron chi connectivity index (χ4n) is 3.10. The number of aromatic nitrogens is 1. The molecule has 0 radical (unpaired) electrons. The summed E-state index contributed by atoms with van der Waals surface area (Å²) in [6.45, 7) is 5.82. The minimum atomic E-state index is -0.317. The molecule has 0 saturated heterocycles. The van der Waals surface area contributed by atoms with Gasteiger partial charge in [0, 0.05) is 5.54 Å². The first kappa shape index (κ1) is 19.6. The lowest BCUT2D eigenvalue weighted by Gasteiger charge is -2.19. The number of carbonyl (C=O) groups is 3. The van der Waals surface area contributed by atoms with Crippen molar-refractivity contribution >= 4 is 56.7 Å². The average Bonchev–Trinajstić information content (AvgIpc) is 3.17. The van der Waals surface area contributed by atoms with Gasteiger partial charge in [-0.2, -0.15) is 0 Å². The van der Waals surface area contributed by atoms with E-state index in [-0.39, 0.29) is 29.0 Å². The van der Waals surface area contributed by atoms with Crippen LogP contribution in [0.5, 0.6) is 0 Å². The van der Waals surface area contributed by atoms with E-state index < -0.39 is 0 Å². The standard InChI is InChI=1S/C21H19N3O3S2/c1-21(2,3)23-17(25)11-28-20-22-15-9-8-12(10-16(15)29-20)24-18(26)13-6-4-5-7-14(13)19(24)27/h4-10H,11H2,1-3H3,(H,23,25). The lowest BCUT2D eigenvalue weighted by atomic mass is 10.1. The van der Waals surface area contributed by atoms with Crippen LogP contribution >= 0.6 is 23.1 Å². The Labute approximate surface area is 176 Å². The number of nitrogens with zero attached hydrogens (tertiary/aromatic N) is 2. The molecule has 4 rings (SSSR count). The number of carbonyl (C=O) groups excluding carboxylic acids is 3. The third-order valence-electron chi connectivity index (χ3n) is 4.25. The van der Waals surface area contributed by atoms with E-state index >= 15 is 0 Å². The molecule has 29 heavy (non-hydrogen) atoms. The summed E-state index contributed by atoms with van der Waals surface area (Å²) in [5.41, 5.74) is 1.86. The molecule has 0 saturated carbocycles. The third kappa shape index (κ3) is 3.90. The predicted octanol–water partition coefficient (Wildman–Crippen LogP) is 4.10. The summed E-state index contributed by atoms with van der Waals surface area (Å²) in [6.07, 6.45) is 0. The molecule has 3 amide bonds. The highest BCUT2D eigenvalue weighted by molar-refractivity contribution is 8.01. The Balaban J connectivity index is 1.55. The molecule has 6 nitrogen and oxygen atoms in total. The van der Waals surface area contributed by atoms with Crippen molar-refractivity contribution in [3.63, 3.8) is 0 Å². The first-order valence-corrected chi connectivity index (χ1v) is 10.9. The van der Waals surface area contributed by atoms with Crippen molar-refractivity contribution in [2.75, 3.05) is 10.7 Å². The highest BCUT2D eigenvalue weighted by atomic mass is 32.2. The molecule has 1 aromatic heterocycles. The van der Waals surface area contributed by atoms with Gasteiger partial charge in [0.25, 0.3) is 11.8 Å². The molecule has 0 aliphatic carbocycles. The SMILES string of the molecule is CC(C)(C)NC(=O)CSc1nc2ccc(N3C(=O)c4ccccc4C3=O)cc2s1. The van der Waals surface area contributed by atoms with Crippen LogP contribution in [-0.2, 0) is 4.79 Å². The molecule has 148 valence electrons. The van der Waals surface area contributed by atoms with Gasteiger partial charge in [-0.25, -0.2) is 9.88 Å². The van der Waals surface area contributed by atoms with E-state index in [0.717, 1.165) is 14.6 Å². The fourth-order valence-corrected chi connectivity index (χ4v) is 5.00. The summed E-state index contributed by atoms with van der Waals surface area (Å²) in [7, 11) is 0. The van der Waals surface area contributed by atoms with Gasteiger partial charge in [-0.3, -0.25) is 14.4 Å².